The molecule has 0 amide bonds. The monoisotopic (exact) mass is 1670 g/mol. The molecule has 125 heavy (non-hydrogen) atoms. The minimum atomic E-state index is -0.662. The van der Waals surface area contributed by atoms with Crippen LogP contribution in [0.25, 0.3) is 33.4 Å². The van der Waals surface area contributed by atoms with E-state index in [4.69, 9.17) is 9.47 Å². The van der Waals surface area contributed by atoms with E-state index in [9.17, 15) is 0 Å². The van der Waals surface area contributed by atoms with Crippen molar-refractivity contribution in [3.63, 3.8) is 0 Å². The van der Waals surface area contributed by atoms with Crippen LogP contribution in [0.2, 0.25) is 0 Å². The molecule has 3 heteroatoms. The van der Waals surface area contributed by atoms with Crippen LogP contribution in [-0.2, 0) is 21.7 Å². The fourth-order valence-electron chi connectivity index (χ4n) is 24.2. The van der Waals surface area contributed by atoms with Crippen LogP contribution in [0.5, 0.6) is 17.2 Å². The van der Waals surface area contributed by atoms with Crippen molar-refractivity contribution in [2.45, 2.75) is 385 Å². The largest absolute Gasteiger partial charge is 0.493 e. The second-order valence-corrected chi connectivity index (χ2v) is 39.6. The zero-order valence-corrected chi connectivity index (χ0v) is 79.1. The predicted octanol–water partition coefficient (Wildman–Crippen LogP) is 37.3. The molecular weight excluding hydrogens is 1510 g/mol. The lowest BCUT2D eigenvalue weighted by Gasteiger charge is -2.50. The van der Waals surface area contributed by atoms with Gasteiger partial charge in [0.25, 0.3) is 0 Å². The molecule has 1 atom stereocenters. The maximum atomic E-state index is 7.26. The molecule has 10 aromatic rings. The maximum Gasteiger partial charge on any atom is 0.152 e. The number of nitrogens with zero attached hydrogens (tertiary/aromatic N) is 1. The molecule has 0 aromatic heterocycles. The van der Waals surface area contributed by atoms with Crippen LogP contribution in [0.1, 0.15) is 428 Å². The standard InChI is InChI=1S/C122H157NO2/c1-9-15-20-24-28-32-36-40-44-56-81-119(82-57-45-41-37-33-29-25-21-16-10-2)103-61-48-52-65-107(103)121(108-66-53-49-62-104(108)119)111-85-92(7)69-77-99(111)101-89-114-102(90-113(101)121)100-78-71-95(96-72-80-116-118(88-96)125-117-86-93(8)70-79-115(117)123(116)97-73-75-98(76-74-97)124-91-94(14-6)60-19-13-5)87-112(100)122(114)109-67-54-50-63-105(109)120(106-64-51-55-68-110(106)122,83-58-46-42-38-34-30-26-22-17-11-3)84-59-47-43-39-35-31-27-23-18-12-4/h48-55,61-80,85-90,94H,9-47,56-60,81-84,91H2,1-8H3. The number of ether oxygens (including phenoxy) is 2. The Labute approximate surface area is 759 Å². The van der Waals surface area contributed by atoms with Gasteiger partial charge in [0.2, 0.25) is 0 Å². The molecule has 1 heterocycles. The summed E-state index contributed by atoms with van der Waals surface area (Å²) < 4.78 is 13.8. The van der Waals surface area contributed by atoms with E-state index in [-0.39, 0.29) is 10.8 Å². The molecule has 0 N–H and O–H groups in total. The Hall–Kier alpha value is -8.40. The fraction of sp³-hybridized carbons (Fsp3) is 0.508. The fourth-order valence-corrected chi connectivity index (χ4v) is 24.2. The summed E-state index contributed by atoms with van der Waals surface area (Å²) in [5, 5.41) is 0. The highest BCUT2D eigenvalue weighted by atomic mass is 16.5. The molecule has 662 valence electrons. The Bertz CT molecular complexity index is 4940. The molecule has 10 aromatic carbocycles. The van der Waals surface area contributed by atoms with E-state index in [2.05, 4.69) is 267 Å². The zero-order valence-electron chi connectivity index (χ0n) is 79.1. The molecule has 15 rings (SSSR count). The maximum absolute atomic E-state index is 7.26. The van der Waals surface area contributed by atoms with Crippen molar-refractivity contribution in [3.05, 3.63) is 284 Å². The molecule has 0 saturated carbocycles. The Morgan fingerprint density at radius 1 is 0.272 bits per heavy atom. The van der Waals surface area contributed by atoms with E-state index >= 15 is 0 Å². The molecule has 1 aliphatic heterocycles. The quantitative estimate of drug-likeness (QED) is 0.0355. The summed E-state index contributed by atoms with van der Waals surface area (Å²) in [7, 11) is 0. The molecule has 0 fully saturated rings. The molecule has 2 spiro atoms. The lowest BCUT2D eigenvalue weighted by molar-refractivity contribution is 0.233. The number of hydrogen-bond donors (Lipinski definition) is 0. The van der Waals surface area contributed by atoms with E-state index in [0.717, 1.165) is 65.7 Å². The van der Waals surface area contributed by atoms with Gasteiger partial charge in [0.05, 0.1) is 28.8 Å². The summed E-state index contributed by atoms with van der Waals surface area (Å²) in [5.41, 5.74) is 30.1. The minimum absolute atomic E-state index is 0.117. The number of fused-ring (bicyclic) bond motifs is 20. The Morgan fingerprint density at radius 3 is 0.976 bits per heavy atom. The lowest BCUT2D eigenvalue weighted by atomic mass is 9.52. The van der Waals surface area contributed by atoms with Crippen LogP contribution in [0.3, 0.4) is 0 Å². The van der Waals surface area contributed by atoms with Crippen LogP contribution in [-0.4, -0.2) is 6.61 Å². The number of aryl methyl sites for hydroxylation is 2. The van der Waals surface area contributed by atoms with Crippen molar-refractivity contribution in [3.8, 4) is 50.6 Å². The summed E-state index contributed by atoms with van der Waals surface area (Å²) in [6.07, 6.45) is 63.2. The summed E-state index contributed by atoms with van der Waals surface area (Å²) in [6, 6.07) is 84.2. The average Bonchev–Trinajstić information content (AvgIpc) is 1.48. The molecule has 0 bridgehead atoms. The lowest BCUT2D eigenvalue weighted by Crippen LogP contribution is -2.44. The smallest absolute Gasteiger partial charge is 0.152 e. The molecule has 4 aliphatic carbocycles. The van der Waals surface area contributed by atoms with Crippen molar-refractivity contribution < 1.29 is 9.47 Å². The molecule has 0 saturated heterocycles. The first kappa shape index (κ1) is 91.4. The number of unbranched alkanes of at least 4 members (excludes halogenated alkanes) is 37. The number of rotatable bonds is 53. The van der Waals surface area contributed by atoms with Crippen LogP contribution in [0, 0.1) is 19.8 Å². The highest BCUT2D eigenvalue weighted by Crippen LogP contribution is 2.70. The van der Waals surface area contributed by atoms with E-state index in [1.54, 1.807) is 22.3 Å². The minimum Gasteiger partial charge on any atom is -0.493 e. The van der Waals surface area contributed by atoms with Crippen LogP contribution in [0.4, 0.5) is 17.1 Å². The predicted molar refractivity (Wildman–Crippen MR) is 537 cm³/mol. The molecule has 1 unspecified atom stereocenters. The van der Waals surface area contributed by atoms with Crippen molar-refractivity contribution >= 4 is 17.1 Å². The van der Waals surface area contributed by atoms with Crippen molar-refractivity contribution in [1.29, 1.82) is 0 Å². The third-order valence-electron chi connectivity index (χ3n) is 31.0. The van der Waals surface area contributed by atoms with Gasteiger partial charge in [0.1, 0.15) is 5.75 Å². The summed E-state index contributed by atoms with van der Waals surface area (Å²) in [4.78, 5) is 2.41. The number of anilines is 3. The second kappa shape index (κ2) is 44.6. The van der Waals surface area contributed by atoms with Gasteiger partial charge in [-0.3, -0.25) is 0 Å². The van der Waals surface area contributed by atoms with E-state index in [0.29, 0.717) is 5.92 Å². The van der Waals surface area contributed by atoms with Crippen LogP contribution in [0.15, 0.2) is 206 Å². The van der Waals surface area contributed by atoms with Crippen LogP contribution < -0.4 is 14.4 Å². The van der Waals surface area contributed by atoms with E-state index < -0.39 is 10.8 Å². The highest BCUT2D eigenvalue weighted by Gasteiger charge is 2.59. The van der Waals surface area contributed by atoms with Crippen molar-refractivity contribution in [1.82, 2.24) is 0 Å². The Balaban J connectivity index is 0.883. The molecule has 0 radical (unpaired) electrons. The van der Waals surface area contributed by atoms with Gasteiger partial charge in [-0.2, -0.15) is 0 Å². The van der Waals surface area contributed by atoms with E-state index in [1.165, 1.54) is 372 Å². The summed E-state index contributed by atoms with van der Waals surface area (Å²) in [6.45, 7) is 19.3. The van der Waals surface area contributed by atoms with Gasteiger partial charge in [0.15, 0.2) is 11.5 Å². The summed E-state index contributed by atoms with van der Waals surface area (Å²) >= 11 is 0. The van der Waals surface area contributed by atoms with Gasteiger partial charge in [0, 0.05) is 16.5 Å². The van der Waals surface area contributed by atoms with Crippen molar-refractivity contribution in [2.75, 3.05) is 11.5 Å². The van der Waals surface area contributed by atoms with Gasteiger partial charge >= 0.3 is 0 Å². The van der Waals surface area contributed by atoms with Gasteiger partial charge < -0.3 is 14.4 Å². The van der Waals surface area contributed by atoms with Crippen molar-refractivity contribution in [2.24, 2.45) is 5.92 Å². The highest BCUT2D eigenvalue weighted by molar-refractivity contribution is 5.98. The first-order chi connectivity index (χ1) is 61.6. The second-order valence-electron chi connectivity index (χ2n) is 39.6. The molecular formula is C122H157NO2. The van der Waals surface area contributed by atoms with Gasteiger partial charge in [-0.15, -0.1) is 0 Å². The average molecular weight is 1670 g/mol. The van der Waals surface area contributed by atoms with Gasteiger partial charge in [-0.05, 0) is 224 Å². The number of benzene rings is 10. The first-order valence-corrected chi connectivity index (χ1v) is 51.9. The van der Waals surface area contributed by atoms with E-state index in [1.807, 2.05) is 0 Å². The SMILES string of the molecule is CCCCCCCCCCCCC1(CCCCCCCCCCCC)c2ccccc2C2(c3cc(C)ccc3-c3cc4c(cc32)-c2ccc(-c3ccc5c(c3)Oc3cc(C)ccc3N5c3ccc(OCC(CC)CCCC)cc3)cc2C42c3ccccc3C(CCCCCCCCCCCC)(CCCCCCCCCCCC)c3ccccc32)c2ccccc21. The Morgan fingerprint density at radius 2 is 0.584 bits per heavy atom. The number of hydrogen-bond acceptors (Lipinski definition) is 3. The Kier molecular flexibility index (Phi) is 32.6. The third-order valence-corrected chi connectivity index (χ3v) is 31.0. The first-order valence-electron chi connectivity index (χ1n) is 51.9. The molecule has 3 nitrogen and oxygen atoms in total. The van der Waals surface area contributed by atoms with Gasteiger partial charge in [-0.1, -0.05) is 463 Å². The molecule has 5 aliphatic rings. The topological polar surface area (TPSA) is 21.7 Å². The third kappa shape index (κ3) is 19.5. The van der Waals surface area contributed by atoms with Gasteiger partial charge in [-0.25, -0.2) is 0 Å². The van der Waals surface area contributed by atoms with Crippen LogP contribution >= 0.6 is 0 Å². The zero-order chi connectivity index (χ0) is 86.3. The normalized spacial score (nSPS) is 14.8. The summed E-state index contributed by atoms with van der Waals surface area (Å²) in [5.74, 6) is 3.21.